The number of aromatic nitrogens is 1. The van der Waals surface area contributed by atoms with Crippen molar-refractivity contribution in [2.24, 2.45) is 0 Å². The number of thioether (sulfide) groups is 1. The second-order valence-corrected chi connectivity index (χ2v) is 8.65. The van der Waals surface area contributed by atoms with E-state index in [-0.39, 0.29) is 29.8 Å². The molecule has 1 saturated heterocycles. The molecule has 31 heavy (non-hydrogen) atoms. The van der Waals surface area contributed by atoms with Crippen molar-refractivity contribution in [1.82, 2.24) is 9.88 Å². The topological polar surface area (TPSA) is 70.1 Å². The molecule has 168 valence electrons. The van der Waals surface area contributed by atoms with Gasteiger partial charge in [0.1, 0.15) is 30.8 Å². The van der Waals surface area contributed by atoms with Crippen LogP contribution in [0.3, 0.4) is 0 Å². The first-order valence-electron chi connectivity index (χ1n) is 8.84. The Kier molecular flexibility index (Phi) is 7.84. The van der Waals surface area contributed by atoms with E-state index >= 15 is 0 Å². The lowest BCUT2D eigenvalue weighted by Crippen LogP contribution is -2.39. The van der Waals surface area contributed by atoms with Gasteiger partial charge in [0.25, 0.3) is 5.17 Å². The van der Waals surface area contributed by atoms with Crippen LogP contribution >= 0.6 is 35.3 Å². The summed E-state index contributed by atoms with van der Waals surface area (Å²) in [6, 6.07) is 5.13. The van der Waals surface area contributed by atoms with Crippen molar-refractivity contribution >= 4 is 46.5 Å². The van der Waals surface area contributed by atoms with E-state index in [4.69, 9.17) is 21.7 Å². The maximum absolute atomic E-state index is 12.4. The lowest BCUT2D eigenvalue weighted by Gasteiger charge is -2.23. The molecule has 0 unspecified atom stereocenters. The number of esters is 1. The molecule has 3 rings (SSSR count). The van der Waals surface area contributed by atoms with Crippen LogP contribution in [0.15, 0.2) is 34.0 Å². The highest BCUT2D eigenvalue weighted by Crippen LogP contribution is 2.27. The van der Waals surface area contributed by atoms with Crippen LogP contribution in [-0.4, -0.2) is 66.1 Å². The minimum atomic E-state index is -4.77. The summed E-state index contributed by atoms with van der Waals surface area (Å²) in [5.41, 5.74) is 0.262. The highest BCUT2D eigenvalue weighted by atomic mass is 32.2. The Morgan fingerprint density at radius 3 is 2.94 bits per heavy atom. The van der Waals surface area contributed by atoms with Crippen molar-refractivity contribution < 1.29 is 36.9 Å². The molecule has 1 fully saturated rings. The number of halogens is 3. The second-order valence-electron chi connectivity index (χ2n) is 6.10. The van der Waals surface area contributed by atoms with E-state index in [2.05, 4.69) is 14.5 Å². The van der Waals surface area contributed by atoms with Crippen molar-refractivity contribution in [1.29, 1.82) is 0 Å². The predicted molar refractivity (Wildman–Crippen MR) is 112 cm³/mol. The minimum absolute atomic E-state index is 0.171. The van der Waals surface area contributed by atoms with Crippen molar-refractivity contribution in [3.05, 3.63) is 35.3 Å². The largest absolute Gasteiger partial charge is 0.573 e. The standard InChI is InChI=1S/C18H17F3N2O5S3/c1-25-15(24)14-10-31-16(22-14)30-6-5-23-11(9-27-17(23)29)8-26-12-3-2-4-13(7-12)28-18(19,20)21/h2-4,7,10-11H,5-6,8-9H2,1H3/t11-/m0/s1. The molecule has 0 bridgehead atoms. The Labute approximate surface area is 189 Å². The quantitative estimate of drug-likeness (QED) is 0.292. The van der Waals surface area contributed by atoms with E-state index in [9.17, 15) is 18.0 Å². The first-order chi connectivity index (χ1) is 14.7. The summed E-state index contributed by atoms with van der Waals surface area (Å²) in [5, 5.41) is 1.96. The van der Waals surface area contributed by atoms with Gasteiger partial charge in [-0.2, -0.15) is 0 Å². The van der Waals surface area contributed by atoms with Crippen molar-refractivity contribution in [2.45, 2.75) is 16.7 Å². The molecule has 0 spiro atoms. The number of benzene rings is 1. The Hall–Kier alpha value is -2.25. The number of carbonyl (C=O) groups is 1. The summed E-state index contributed by atoms with van der Waals surface area (Å²) in [4.78, 5) is 17.5. The molecule has 13 heteroatoms. The Bertz CT molecular complexity index is 925. The van der Waals surface area contributed by atoms with Crippen LogP contribution in [0.25, 0.3) is 0 Å². The molecule has 0 amide bonds. The zero-order chi connectivity index (χ0) is 22.4. The lowest BCUT2D eigenvalue weighted by atomic mass is 10.3. The highest BCUT2D eigenvalue weighted by Gasteiger charge is 2.32. The van der Waals surface area contributed by atoms with E-state index in [1.165, 1.54) is 48.4 Å². The van der Waals surface area contributed by atoms with Gasteiger partial charge in [-0.3, -0.25) is 0 Å². The normalized spacial score (nSPS) is 16.2. The van der Waals surface area contributed by atoms with Crippen molar-refractivity contribution in [3.63, 3.8) is 0 Å². The second kappa shape index (κ2) is 10.4. The molecule has 2 aromatic rings. The summed E-state index contributed by atoms with van der Waals surface area (Å²) in [6.07, 6.45) is -4.77. The monoisotopic (exact) mass is 494 g/mol. The molecule has 1 aromatic carbocycles. The Balaban J connectivity index is 1.50. The van der Waals surface area contributed by atoms with Gasteiger partial charge in [-0.05, 0) is 24.4 Å². The average Bonchev–Trinajstić information content (AvgIpc) is 3.32. The fraction of sp³-hybridized carbons (Fsp3) is 0.389. The number of hydrogen-bond acceptors (Lipinski definition) is 9. The maximum Gasteiger partial charge on any atom is 0.573 e. The minimum Gasteiger partial charge on any atom is -0.491 e. The molecule has 0 saturated carbocycles. The number of hydrogen-bond donors (Lipinski definition) is 0. The molecule has 2 heterocycles. The fourth-order valence-corrected chi connectivity index (χ4v) is 4.72. The van der Waals surface area contributed by atoms with Crippen LogP contribution in [0.1, 0.15) is 10.5 Å². The third kappa shape index (κ3) is 6.87. The smallest absolute Gasteiger partial charge is 0.491 e. The summed E-state index contributed by atoms with van der Waals surface area (Å²) < 4.78 is 57.4. The maximum atomic E-state index is 12.4. The zero-order valence-corrected chi connectivity index (χ0v) is 18.5. The van der Waals surface area contributed by atoms with Crippen LogP contribution in [0.4, 0.5) is 13.2 Å². The summed E-state index contributed by atoms with van der Waals surface area (Å²) in [6.45, 7) is 1.03. The molecular weight excluding hydrogens is 477 g/mol. The summed E-state index contributed by atoms with van der Waals surface area (Å²) >= 11 is 8.04. The van der Waals surface area contributed by atoms with Crippen molar-refractivity contribution in [2.75, 3.05) is 32.6 Å². The van der Waals surface area contributed by atoms with Crippen LogP contribution < -0.4 is 9.47 Å². The number of alkyl halides is 3. The summed E-state index contributed by atoms with van der Waals surface area (Å²) in [5.74, 6) is 0.0284. The van der Waals surface area contributed by atoms with Gasteiger partial charge in [-0.25, -0.2) is 9.78 Å². The third-order valence-electron chi connectivity index (χ3n) is 3.99. The number of carbonyl (C=O) groups excluding carboxylic acids is 1. The number of rotatable bonds is 9. The molecule has 0 aliphatic carbocycles. The average molecular weight is 495 g/mol. The van der Waals surface area contributed by atoms with Gasteiger partial charge in [0.2, 0.25) is 0 Å². The number of nitrogens with zero attached hydrogens (tertiary/aromatic N) is 2. The van der Waals surface area contributed by atoms with E-state index in [1.54, 1.807) is 11.4 Å². The van der Waals surface area contributed by atoms with Gasteiger partial charge in [0, 0.05) is 23.7 Å². The Morgan fingerprint density at radius 1 is 1.42 bits per heavy atom. The first kappa shape index (κ1) is 23.4. The van der Waals surface area contributed by atoms with Gasteiger partial charge in [-0.1, -0.05) is 17.8 Å². The molecule has 1 aliphatic heterocycles. The van der Waals surface area contributed by atoms with Gasteiger partial charge in [0.05, 0.1) is 7.11 Å². The predicted octanol–water partition coefficient (Wildman–Crippen LogP) is 3.99. The molecule has 1 aliphatic rings. The highest BCUT2D eigenvalue weighted by molar-refractivity contribution is 8.01. The van der Waals surface area contributed by atoms with Crippen molar-refractivity contribution in [3.8, 4) is 11.5 Å². The molecular formula is C18H17F3N2O5S3. The molecule has 0 N–H and O–H groups in total. The van der Waals surface area contributed by atoms with Crippen LogP contribution in [-0.2, 0) is 9.47 Å². The Morgan fingerprint density at radius 2 is 2.19 bits per heavy atom. The number of ether oxygens (including phenoxy) is 4. The van der Waals surface area contributed by atoms with Gasteiger partial charge < -0.3 is 23.8 Å². The molecule has 7 nitrogen and oxygen atoms in total. The first-order valence-corrected chi connectivity index (χ1v) is 11.1. The van der Waals surface area contributed by atoms with Crippen LogP contribution in [0.5, 0.6) is 11.5 Å². The van der Waals surface area contributed by atoms with E-state index in [0.717, 1.165) is 4.34 Å². The fourth-order valence-electron chi connectivity index (χ4n) is 2.61. The van der Waals surface area contributed by atoms with E-state index < -0.39 is 12.3 Å². The van der Waals surface area contributed by atoms with E-state index in [0.29, 0.717) is 24.1 Å². The number of thiazole rings is 1. The number of thiocarbonyl (C=S) groups is 1. The van der Waals surface area contributed by atoms with Gasteiger partial charge >= 0.3 is 12.3 Å². The summed E-state index contributed by atoms with van der Waals surface area (Å²) in [7, 11) is 1.30. The van der Waals surface area contributed by atoms with Gasteiger partial charge in [-0.15, -0.1) is 24.5 Å². The van der Waals surface area contributed by atoms with Crippen LogP contribution in [0.2, 0.25) is 0 Å². The van der Waals surface area contributed by atoms with Gasteiger partial charge in [0.15, 0.2) is 10.0 Å². The SMILES string of the molecule is COC(=O)c1csc(SCCN2C(=S)OC[C@@H]2COc2cccc(OC(F)(F)F)c2)n1. The molecule has 1 aromatic heterocycles. The molecule has 1 atom stereocenters. The lowest BCUT2D eigenvalue weighted by molar-refractivity contribution is -0.274. The number of methoxy groups -OCH3 is 1. The van der Waals surface area contributed by atoms with Crippen LogP contribution in [0, 0.1) is 0 Å². The molecule has 0 radical (unpaired) electrons. The zero-order valence-electron chi connectivity index (χ0n) is 16.1. The third-order valence-corrected chi connectivity index (χ3v) is 6.34. The van der Waals surface area contributed by atoms with E-state index in [1.807, 2.05) is 4.90 Å².